The van der Waals surface area contributed by atoms with Gasteiger partial charge in [-0.05, 0) is 19.0 Å². The molecule has 0 bridgehead atoms. The fraction of sp³-hybridized carbons (Fsp3) is 0.889. The number of nitrogens with zero attached hydrogens (tertiary/aromatic N) is 1. The smallest absolute Gasteiger partial charge is 0.223 e. The highest BCUT2D eigenvalue weighted by Gasteiger charge is 2.33. The lowest BCUT2D eigenvalue weighted by molar-refractivity contribution is -0.132. The first-order valence-corrected chi connectivity index (χ1v) is 5.01. The van der Waals surface area contributed by atoms with Crippen LogP contribution in [-0.2, 0) is 4.79 Å². The van der Waals surface area contributed by atoms with Gasteiger partial charge in [-0.1, -0.05) is 0 Å². The Morgan fingerprint density at radius 2 is 1.86 bits per heavy atom. The van der Waals surface area contributed by atoms with Gasteiger partial charge in [0.1, 0.15) is 0 Å². The summed E-state index contributed by atoms with van der Waals surface area (Å²) in [4.78, 5) is 13.2. The fourth-order valence-electron chi connectivity index (χ4n) is 1.84. The molecule has 2 unspecified atom stereocenters. The Hall–Kier alpha value is -0.650. The van der Waals surface area contributed by atoms with Gasteiger partial charge in [0.25, 0.3) is 0 Å². The molecule has 2 aliphatic heterocycles. The van der Waals surface area contributed by atoms with Crippen molar-refractivity contribution in [1.82, 2.24) is 10.2 Å². The van der Waals surface area contributed by atoms with E-state index in [9.17, 15) is 15.0 Å². The van der Waals surface area contributed by atoms with Crippen LogP contribution in [0.3, 0.4) is 0 Å². The summed E-state index contributed by atoms with van der Waals surface area (Å²) in [6.45, 7) is 2.37. The van der Waals surface area contributed by atoms with E-state index in [1.165, 1.54) is 0 Å². The zero-order valence-corrected chi connectivity index (χ0v) is 8.02. The van der Waals surface area contributed by atoms with Gasteiger partial charge >= 0.3 is 0 Å². The Morgan fingerprint density at radius 1 is 1.29 bits per heavy atom. The topological polar surface area (TPSA) is 72.8 Å². The van der Waals surface area contributed by atoms with Crippen molar-refractivity contribution in [3.63, 3.8) is 0 Å². The van der Waals surface area contributed by atoms with Crippen molar-refractivity contribution < 1.29 is 15.0 Å². The van der Waals surface area contributed by atoms with Crippen LogP contribution in [0.4, 0.5) is 0 Å². The number of amides is 1. The Kier molecular flexibility index (Phi) is 2.71. The summed E-state index contributed by atoms with van der Waals surface area (Å²) in [5, 5.41) is 21.6. The zero-order valence-electron chi connectivity index (χ0n) is 8.02. The van der Waals surface area contributed by atoms with Crippen molar-refractivity contribution >= 4 is 5.91 Å². The maximum absolute atomic E-state index is 11.6. The molecule has 5 nitrogen and oxygen atoms in total. The zero-order chi connectivity index (χ0) is 10.1. The van der Waals surface area contributed by atoms with Crippen LogP contribution in [0.25, 0.3) is 0 Å². The molecule has 0 radical (unpaired) electrons. The van der Waals surface area contributed by atoms with Crippen LogP contribution >= 0.6 is 0 Å². The monoisotopic (exact) mass is 200 g/mol. The van der Waals surface area contributed by atoms with E-state index >= 15 is 0 Å². The molecular weight excluding hydrogens is 184 g/mol. The Morgan fingerprint density at radius 3 is 2.29 bits per heavy atom. The Labute approximate surface area is 82.7 Å². The first-order valence-electron chi connectivity index (χ1n) is 5.01. The maximum atomic E-state index is 11.6. The summed E-state index contributed by atoms with van der Waals surface area (Å²) in [5.74, 6) is 0.490. The molecule has 2 aliphatic rings. The summed E-state index contributed by atoms with van der Waals surface area (Å²) in [5.41, 5.74) is 0. The number of aliphatic hydroxyl groups excluding tert-OH is 2. The van der Waals surface area contributed by atoms with E-state index in [2.05, 4.69) is 5.32 Å². The van der Waals surface area contributed by atoms with Gasteiger partial charge < -0.3 is 20.4 Å². The normalized spacial score (nSPS) is 33.1. The highest BCUT2D eigenvalue weighted by atomic mass is 16.3. The molecule has 0 aromatic rings. The summed E-state index contributed by atoms with van der Waals surface area (Å²) < 4.78 is 0. The number of hydrogen-bond acceptors (Lipinski definition) is 4. The number of β-amino-alcohol motifs (C(OH)–C–C–N with tert-alkyl or cyclic N) is 2. The first-order chi connectivity index (χ1) is 6.66. The first kappa shape index (κ1) is 9.89. The molecule has 0 spiro atoms. The predicted octanol–water partition coefficient (Wildman–Crippen LogP) is -1.84. The van der Waals surface area contributed by atoms with Crippen molar-refractivity contribution in [2.75, 3.05) is 26.2 Å². The molecule has 0 saturated carbocycles. The minimum absolute atomic E-state index is 0.0482. The number of aliphatic hydroxyl groups is 2. The number of hydrogen-bond donors (Lipinski definition) is 3. The van der Waals surface area contributed by atoms with Gasteiger partial charge in [0, 0.05) is 19.5 Å². The lowest BCUT2D eigenvalue weighted by Crippen LogP contribution is -2.45. The minimum atomic E-state index is -0.765. The molecule has 2 rings (SSSR count). The number of rotatable bonds is 2. The van der Waals surface area contributed by atoms with Crippen LogP contribution in [0, 0.1) is 5.92 Å². The second kappa shape index (κ2) is 3.84. The molecule has 0 aliphatic carbocycles. The van der Waals surface area contributed by atoms with E-state index in [1.807, 2.05) is 0 Å². The van der Waals surface area contributed by atoms with Crippen LogP contribution in [-0.4, -0.2) is 59.4 Å². The number of carbonyl (C=O) groups is 1. The van der Waals surface area contributed by atoms with Gasteiger partial charge in [0.15, 0.2) is 0 Å². The van der Waals surface area contributed by atoms with E-state index in [0.717, 1.165) is 13.1 Å². The van der Waals surface area contributed by atoms with E-state index < -0.39 is 12.2 Å². The molecular formula is C9H16N2O3. The third kappa shape index (κ3) is 1.89. The highest BCUT2D eigenvalue weighted by molar-refractivity contribution is 5.77. The second-order valence-electron chi connectivity index (χ2n) is 4.16. The molecule has 2 fully saturated rings. The molecule has 14 heavy (non-hydrogen) atoms. The molecule has 3 N–H and O–H groups in total. The van der Waals surface area contributed by atoms with Crippen molar-refractivity contribution in [2.24, 2.45) is 5.92 Å². The number of carbonyl (C=O) groups excluding carboxylic acids is 1. The predicted molar refractivity (Wildman–Crippen MR) is 49.6 cm³/mol. The van der Waals surface area contributed by atoms with Crippen LogP contribution in [0.1, 0.15) is 6.42 Å². The van der Waals surface area contributed by atoms with Crippen LogP contribution in [0.15, 0.2) is 0 Å². The van der Waals surface area contributed by atoms with Crippen LogP contribution < -0.4 is 5.32 Å². The summed E-state index contributed by atoms with van der Waals surface area (Å²) >= 11 is 0. The molecule has 5 heteroatoms. The SMILES string of the molecule is O=C(CC1CNC1)N1CC(O)C(O)C1. The molecule has 2 heterocycles. The van der Waals surface area contributed by atoms with Gasteiger partial charge in [0.05, 0.1) is 12.2 Å². The number of likely N-dealkylation sites (tertiary alicyclic amines) is 1. The lowest BCUT2D eigenvalue weighted by Gasteiger charge is -2.28. The molecule has 0 aromatic heterocycles. The van der Waals surface area contributed by atoms with Gasteiger partial charge in [-0.3, -0.25) is 4.79 Å². The van der Waals surface area contributed by atoms with Gasteiger partial charge in [-0.25, -0.2) is 0 Å². The minimum Gasteiger partial charge on any atom is -0.388 e. The van der Waals surface area contributed by atoms with Gasteiger partial charge in [-0.2, -0.15) is 0 Å². The fourth-order valence-corrected chi connectivity index (χ4v) is 1.84. The average molecular weight is 200 g/mol. The molecule has 80 valence electrons. The third-order valence-corrected chi connectivity index (χ3v) is 2.94. The standard InChI is InChI=1S/C9H16N2O3/c12-7-4-11(5-8(7)13)9(14)1-6-2-10-3-6/h6-8,10,12-13H,1-5H2. The maximum Gasteiger partial charge on any atom is 0.223 e. The molecule has 2 atom stereocenters. The van der Waals surface area contributed by atoms with Crippen molar-refractivity contribution in [3.8, 4) is 0 Å². The summed E-state index contributed by atoms with van der Waals surface area (Å²) in [6, 6.07) is 0. The third-order valence-electron chi connectivity index (χ3n) is 2.94. The van der Waals surface area contributed by atoms with E-state index in [-0.39, 0.29) is 19.0 Å². The van der Waals surface area contributed by atoms with Crippen LogP contribution in [0.2, 0.25) is 0 Å². The summed E-state index contributed by atoms with van der Waals surface area (Å²) in [6.07, 6.45) is -0.996. The van der Waals surface area contributed by atoms with Gasteiger partial charge in [-0.15, -0.1) is 0 Å². The highest BCUT2D eigenvalue weighted by Crippen LogP contribution is 2.15. The van der Waals surface area contributed by atoms with Crippen molar-refractivity contribution in [2.45, 2.75) is 18.6 Å². The Bertz CT molecular complexity index is 220. The average Bonchev–Trinajstić information content (AvgIpc) is 2.40. The molecule has 2 saturated heterocycles. The van der Waals surface area contributed by atoms with Crippen LogP contribution in [0.5, 0.6) is 0 Å². The van der Waals surface area contributed by atoms with Gasteiger partial charge in [0.2, 0.25) is 5.91 Å². The van der Waals surface area contributed by atoms with E-state index in [4.69, 9.17) is 0 Å². The summed E-state index contributed by atoms with van der Waals surface area (Å²) in [7, 11) is 0. The van der Waals surface area contributed by atoms with E-state index in [0.29, 0.717) is 12.3 Å². The van der Waals surface area contributed by atoms with Crippen molar-refractivity contribution in [1.29, 1.82) is 0 Å². The quantitative estimate of drug-likeness (QED) is 0.490. The molecule has 1 amide bonds. The Balaban J connectivity index is 1.80. The van der Waals surface area contributed by atoms with E-state index in [1.54, 1.807) is 4.90 Å². The number of nitrogens with one attached hydrogen (secondary N) is 1. The van der Waals surface area contributed by atoms with Crippen molar-refractivity contribution in [3.05, 3.63) is 0 Å². The largest absolute Gasteiger partial charge is 0.388 e. The second-order valence-corrected chi connectivity index (χ2v) is 4.16. The lowest BCUT2D eigenvalue weighted by atomic mass is 9.99. The molecule has 0 aromatic carbocycles.